The Bertz CT molecular complexity index is 1130. The van der Waals surface area contributed by atoms with Gasteiger partial charge >= 0.3 is 0 Å². The van der Waals surface area contributed by atoms with Gasteiger partial charge in [-0.3, -0.25) is 9.36 Å². The van der Waals surface area contributed by atoms with Crippen LogP contribution in [0.3, 0.4) is 0 Å². The number of thioether (sulfide) groups is 1. The second-order valence-corrected chi connectivity index (χ2v) is 8.98. The van der Waals surface area contributed by atoms with E-state index in [0.29, 0.717) is 29.7 Å². The van der Waals surface area contributed by atoms with E-state index in [1.807, 2.05) is 47.0 Å². The standard InChI is InChI=1S/C25H30N4O5S/c1-31-19-9-7-18(8-10-19)24-27-28-25(29(24)15-20-5-4-12-34-20)35-16-23(30)26-14-17-6-11-21(32-2)22(13-17)33-3/h6-11,13,20H,4-5,12,14-16H2,1-3H3,(H,26,30). The predicted octanol–water partition coefficient (Wildman–Crippen LogP) is 3.56. The summed E-state index contributed by atoms with van der Waals surface area (Å²) in [6.07, 6.45) is 2.16. The smallest absolute Gasteiger partial charge is 0.230 e. The average molecular weight is 499 g/mol. The molecule has 1 unspecified atom stereocenters. The molecule has 9 nitrogen and oxygen atoms in total. The number of nitrogens with zero attached hydrogens (tertiary/aromatic N) is 3. The maximum Gasteiger partial charge on any atom is 0.230 e. The zero-order valence-corrected chi connectivity index (χ0v) is 21.0. The number of hydrogen-bond acceptors (Lipinski definition) is 8. The number of benzene rings is 2. The molecule has 1 saturated heterocycles. The Kier molecular flexibility index (Phi) is 8.49. The number of amides is 1. The zero-order chi connectivity index (χ0) is 24.6. The van der Waals surface area contributed by atoms with Crippen molar-refractivity contribution in [2.24, 2.45) is 0 Å². The van der Waals surface area contributed by atoms with Gasteiger partial charge in [0.05, 0.1) is 39.7 Å². The molecule has 10 heteroatoms. The summed E-state index contributed by atoms with van der Waals surface area (Å²) in [5.74, 6) is 2.93. The highest BCUT2D eigenvalue weighted by molar-refractivity contribution is 7.99. The quantitative estimate of drug-likeness (QED) is 0.401. The Labute approximate surface area is 209 Å². The molecular weight excluding hydrogens is 468 g/mol. The topological polar surface area (TPSA) is 96.7 Å². The summed E-state index contributed by atoms with van der Waals surface area (Å²) < 4.78 is 23.8. The first-order chi connectivity index (χ1) is 17.1. The van der Waals surface area contributed by atoms with Crippen LogP contribution in [0.25, 0.3) is 11.4 Å². The van der Waals surface area contributed by atoms with Crippen LogP contribution in [0.5, 0.6) is 17.2 Å². The van der Waals surface area contributed by atoms with Crippen LogP contribution in [0.4, 0.5) is 0 Å². The van der Waals surface area contributed by atoms with Gasteiger partial charge < -0.3 is 24.3 Å². The van der Waals surface area contributed by atoms with Crippen molar-refractivity contribution in [3.05, 3.63) is 48.0 Å². The lowest BCUT2D eigenvalue weighted by atomic mass is 10.2. The van der Waals surface area contributed by atoms with Crippen LogP contribution < -0.4 is 19.5 Å². The van der Waals surface area contributed by atoms with Crippen LogP contribution in [-0.2, 0) is 22.6 Å². The molecule has 1 aliphatic rings. The highest BCUT2D eigenvalue weighted by Crippen LogP contribution is 2.29. The Morgan fingerprint density at radius 3 is 2.57 bits per heavy atom. The molecule has 1 fully saturated rings. The Morgan fingerprint density at radius 2 is 1.89 bits per heavy atom. The fraction of sp³-hybridized carbons (Fsp3) is 0.400. The van der Waals surface area contributed by atoms with E-state index in [-0.39, 0.29) is 17.8 Å². The summed E-state index contributed by atoms with van der Waals surface area (Å²) >= 11 is 1.36. The van der Waals surface area contributed by atoms with Crippen molar-refractivity contribution in [1.29, 1.82) is 0 Å². The Balaban J connectivity index is 1.42. The largest absolute Gasteiger partial charge is 0.497 e. The number of methoxy groups -OCH3 is 3. The molecule has 1 aliphatic heterocycles. The lowest BCUT2D eigenvalue weighted by Gasteiger charge is -2.15. The van der Waals surface area contributed by atoms with Gasteiger partial charge in [-0.2, -0.15) is 0 Å². The molecule has 2 heterocycles. The van der Waals surface area contributed by atoms with Gasteiger partial charge in [-0.05, 0) is 54.8 Å². The number of carbonyl (C=O) groups is 1. The van der Waals surface area contributed by atoms with E-state index in [9.17, 15) is 4.79 Å². The summed E-state index contributed by atoms with van der Waals surface area (Å²) in [5, 5.41) is 12.5. The highest BCUT2D eigenvalue weighted by atomic mass is 32.2. The van der Waals surface area contributed by atoms with Crippen LogP contribution in [0.2, 0.25) is 0 Å². The molecule has 0 bridgehead atoms. The number of ether oxygens (including phenoxy) is 4. The number of hydrogen-bond donors (Lipinski definition) is 1. The van der Waals surface area contributed by atoms with Gasteiger partial charge in [-0.1, -0.05) is 17.8 Å². The molecule has 35 heavy (non-hydrogen) atoms. The van der Waals surface area contributed by atoms with Crippen molar-refractivity contribution in [2.75, 3.05) is 33.7 Å². The molecule has 1 aromatic heterocycles. The number of nitrogens with one attached hydrogen (secondary N) is 1. The third kappa shape index (κ3) is 6.26. The second kappa shape index (κ2) is 11.9. The molecule has 0 spiro atoms. The summed E-state index contributed by atoms with van der Waals surface area (Å²) in [5.41, 5.74) is 1.85. The van der Waals surface area contributed by atoms with Crippen LogP contribution in [-0.4, -0.2) is 60.5 Å². The molecule has 4 rings (SSSR count). The predicted molar refractivity (Wildman–Crippen MR) is 133 cm³/mol. The van der Waals surface area contributed by atoms with E-state index in [2.05, 4.69) is 15.5 Å². The van der Waals surface area contributed by atoms with Gasteiger partial charge in [0, 0.05) is 18.7 Å². The van der Waals surface area contributed by atoms with Gasteiger partial charge in [0.25, 0.3) is 0 Å². The second-order valence-electron chi connectivity index (χ2n) is 8.04. The molecule has 2 aromatic carbocycles. The highest BCUT2D eigenvalue weighted by Gasteiger charge is 2.22. The minimum atomic E-state index is -0.0950. The van der Waals surface area contributed by atoms with Gasteiger partial charge in [0.2, 0.25) is 5.91 Å². The maximum absolute atomic E-state index is 12.6. The lowest BCUT2D eigenvalue weighted by Crippen LogP contribution is -2.25. The fourth-order valence-corrected chi connectivity index (χ4v) is 4.66. The Hall–Kier alpha value is -3.24. The van der Waals surface area contributed by atoms with Crippen molar-refractivity contribution in [2.45, 2.75) is 37.2 Å². The van der Waals surface area contributed by atoms with Crippen LogP contribution in [0, 0.1) is 0 Å². The molecular formula is C25H30N4O5S. The summed E-state index contributed by atoms with van der Waals surface area (Å²) in [4.78, 5) is 12.6. The molecule has 1 N–H and O–H groups in total. The molecule has 0 radical (unpaired) electrons. The van der Waals surface area contributed by atoms with Crippen LogP contribution >= 0.6 is 11.8 Å². The number of rotatable bonds is 11. The average Bonchev–Trinajstić information content (AvgIpc) is 3.56. The van der Waals surface area contributed by atoms with Gasteiger partial charge in [0.15, 0.2) is 22.5 Å². The molecule has 0 saturated carbocycles. The SMILES string of the molecule is COc1ccc(-c2nnc(SCC(=O)NCc3ccc(OC)c(OC)c3)n2CC2CCCO2)cc1. The first-order valence-corrected chi connectivity index (χ1v) is 12.4. The van der Waals surface area contributed by atoms with Crippen LogP contribution in [0.15, 0.2) is 47.6 Å². The van der Waals surface area contributed by atoms with Gasteiger partial charge in [-0.15, -0.1) is 10.2 Å². The molecule has 186 valence electrons. The van der Waals surface area contributed by atoms with Crippen molar-refractivity contribution >= 4 is 17.7 Å². The van der Waals surface area contributed by atoms with Gasteiger partial charge in [-0.25, -0.2) is 0 Å². The van der Waals surface area contributed by atoms with Crippen molar-refractivity contribution in [1.82, 2.24) is 20.1 Å². The molecule has 0 aliphatic carbocycles. The number of aromatic nitrogens is 3. The minimum absolute atomic E-state index is 0.0950. The summed E-state index contributed by atoms with van der Waals surface area (Å²) in [6, 6.07) is 13.3. The first-order valence-electron chi connectivity index (χ1n) is 11.4. The van der Waals surface area contributed by atoms with E-state index in [4.69, 9.17) is 18.9 Å². The lowest BCUT2D eigenvalue weighted by molar-refractivity contribution is -0.118. The van der Waals surface area contributed by atoms with Crippen LogP contribution in [0.1, 0.15) is 18.4 Å². The maximum atomic E-state index is 12.6. The monoisotopic (exact) mass is 498 g/mol. The summed E-state index contributed by atoms with van der Waals surface area (Å²) in [6.45, 7) is 1.80. The Morgan fingerprint density at radius 1 is 1.09 bits per heavy atom. The minimum Gasteiger partial charge on any atom is -0.497 e. The molecule has 3 aromatic rings. The van der Waals surface area contributed by atoms with E-state index < -0.39 is 0 Å². The normalized spacial score (nSPS) is 15.1. The van der Waals surface area contributed by atoms with Crippen molar-refractivity contribution < 1.29 is 23.7 Å². The number of carbonyl (C=O) groups excluding carboxylic acids is 1. The molecule has 1 atom stereocenters. The van der Waals surface area contributed by atoms with Crippen molar-refractivity contribution in [3.8, 4) is 28.6 Å². The summed E-state index contributed by atoms with van der Waals surface area (Å²) in [7, 11) is 4.82. The van der Waals surface area contributed by atoms with E-state index >= 15 is 0 Å². The van der Waals surface area contributed by atoms with Crippen molar-refractivity contribution in [3.63, 3.8) is 0 Å². The van der Waals surface area contributed by atoms with E-state index in [1.54, 1.807) is 21.3 Å². The third-order valence-electron chi connectivity index (χ3n) is 5.75. The fourth-order valence-electron chi connectivity index (χ4n) is 3.88. The van der Waals surface area contributed by atoms with E-state index in [1.165, 1.54) is 11.8 Å². The van der Waals surface area contributed by atoms with E-state index in [0.717, 1.165) is 42.1 Å². The first kappa shape index (κ1) is 24.9. The van der Waals surface area contributed by atoms with Gasteiger partial charge in [0.1, 0.15) is 5.75 Å². The third-order valence-corrected chi connectivity index (χ3v) is 6.71. The zero-order valence-electron chi connectivity index (χ0n) is 20.2. The molecule has 1 amide bonds.